The van der Waals surface area contributed by atoms with E-state index >= 15 is 0 Å². The normalized spacial score (nSPS) is 15.9. The molecule has 0 unspecified atom stereocenters. The molecule has 3 rings (SSSR count). The van der Waals surface area contributed by atoms with Crippen LogP contribution in [0.15, 0.2) is 33.5 Å². The second-order valence-electron chi connectivity index (χ2n) is 4.35. The number of carbonyl (C=O) groups excluding carboxylic acids is 1. The highest BCUT2D eigenvalue weighted by molar-refractivity contribution is 8.01. The Morgan fingerprint density at radius 1 is 1.32 bits per heavy atom. The van der Waals surface area contributed by atoms with Crippen molar-refractivity contribution in [3.63, 3.8) is 0 Å². The number of hydrogen-bond acceptors (Lipinski definition) is 8. The van der Waals surface area contributed by atoms with E-state index in [0.717, 1.165) is 8.64 Å². The predicted molar refractivity (Wildman–Crippen MR) is 84.8 cm³/mol. The topological polar surface area (TPSA) is 92.3 Å². The van der Waals surface area contributed by atoms with Crippen molar-refractivity contribution in [2.45, 2.75) is 9.24 Å². The van der Waals surface area contributed by atoms with Crippen molar-refractivity contribution < 1.29 is 13.2 Å². The highest BCUT2D eigenvalue weighted by atomic mass is 32.2. The summed E-state index contributed by atoms with van der Waals surface area (Å²) in [5.41, 5.74) is 0.237. The van der Waals surface area contributed by atoms with Gasteiger partial charge in [-0.25, -0.2) is 12.7 Å². The molecule has 0 spiro atoms. The number of thioether (sulfide) groups is 1. The third-order valence-electron chi connectivity index (χ3n) is 3.05. The molecule has 0 bridgehead atoms. The third kappa shape index (κ3) is 2.57. The third-order valence-corrected chi connectivity index (χ3v) is 6.95. The van der Waals surface area contributed by atoms with Crippen LogP contribution in [-0.4, -0.2) is 48.2 Å². The molecule has 0 fully saturated rings. The van der Waals surface area contributed by atoms with Crippen molar-refractivity contribution in [3.8, 4) is 0 Å². The van der Waals surface area contributed by atoms with Gasteiger partial charge in [0.15, 0.2) is 4.34 Å². The van der Waals surface area contributed by atoms with E-state index in [1.54, 1.807) is 19.2 Å². The van der Waals surface area contributed by atoms with E-state index in [4.69, 9.17) is 0 Å². The molecular formula is C12H12N4O3S3. The minimum atomic E-state index is -3.72. The van der Waals surface area contributed by atoms with Crippen LogP contribution in [0.3, 0.4) is 0 Å². The summed E-state index contributed by atoms with van der Waals surface area (Å²) in [4.78, 5) is 12.3. The molecule has 1 amide bonds. The molecular weight excluding hydrogens is 344 g/mol. The molecule has 1 N–H and O–H groups in total. The Morgan fingerprint density at radius 3 is 2.77 bits per heavy atom. The number of rotatable bonds is 5. The molecule has 0 atom stereocenters. The fourth-order valence-corrected chi connectivity index (χ4v) is 5.42. The van der Waals surface area contributed by atoms with E-state index in [-0.39, 0.29) is 17.0 Å². The van der Waals surface area contributed by atoms with Gasteiger partial charge in [0, 0.05) is 19.3 Å². The largest absolute Gasteiger partial charge is 0.363 e. The van der Waals surface area contributed by atoms with E-state index < -0.39 is 15.9 Å². The van der Waals surface area contributed by atoms with Crippen LogP contribution in [0.25, 0.3) is 0 Å². The Kier molecular flexibility index (Phi) is 4.06. The smallest absolute Gasteiger partial charge is 0.269 e. The number of nitrogens with zero attached hydrogens (tertiary/aromatic N) is 3. The molecule has 1 aromatic heterocycles. The van der Waals surface area contributed by atoms with Gasteiger partial charge in [0.1, 0.15) is 4.90 Å². The van der Waals surface area contributed by atoms with Crippen molar-refractivity contribution >= 4 is 44.2 Å². The number of sulfonamides is 1. The van der Waals surface area contributed by atoms with Gasteiger partial charge in [-0.15, -0.1) is 10.2 Å². The van der Waals surface area contributed by atoms with Gasteiger partial charge >= 0.3 is 0 Å². The number of amides is 1. The molecule has 7 nitrogen and oxygen atoms in total. The van der Waals surface area contributed by atoms with Gasteiger partial charge in [-0.2, -0.15) is 0 Å². The summed E-state index contributed by atoms with van der Waals surface area (Å²) in [7, 11) is -1.97. The summed E-state index contributed by atoms with van der Waals surface area (Å²) in [6.07, 6.45) is 0. The first-order chi connectivity index (χ1) is 10.5. The molecule has 0 saturated carbocycles. The molecule has 0 saturated heterocycles. The minimum absolute atomic E-state index is 0.0818. The molecule has 10 heteroatoms. The number of anilines is 1. The Bertz CT molecular complexity index is 819. The maximum atomic E-state index is 12.3. The van der Waals surface area contributed by atoms with Gasteiger partial charge < -0.3 is 5.32 Å². The Labute approximate surface area is 135 Å². The number of carbonyl (C=O) groups is 1. The Balaban J connectivity index is 1.70. The van der Waals surface area contributed by atoms with Crippen molar-refractivity contribution in [2.75, 3.05) is 24.7 Å². The SMILES string of the molecule is CNc1nnc(SCCN2C(=O)c3ccccc3S2(=O)=O)s1. The number of fused-ring (bicyclic) bond motifs is 1. The van der Waals surface area contributed by atoms with Crippen molar-refractivity contribution in [2.24, 2.45) is 0 Å². The molecule has 1 aliphatic heterocycles. The van der Waals surface area contributed by atoms with Gasteiger partial charge in [-0.05, 0) is 12.1 Å². The lowest BCUT2D eigenvalue weighted by atomic mass is 10.2. The van der Waals surface area contributed by atoms with Crippen LogP contribution >= 0.6 is 23.1 Å². The first-order valence-corrected chi connectivity index (χ1v) is 9.58. The van der Waals surface area contributed by atoms with Crippen LogP contribution in [-0.2, 0) is 10.0 Å². The lowest BCUT2D eigenvalue weighted by Crippen LogP contribution is -2.32. The first-order valence-electron chi connectivity index (χ1n) is 6.34. The van der Waals surface area contributed by atoms with E-state index in [2.05, 4.69) is 15.5 Å². The van der Waals surface area contributed by atoms with Crippen molar-refractivity contribution in [1.82, 2.24) is 14.5 Å². The van der Waals surface area contributed by atoms with Gasteiger partial charge in [0.05, 0.1) is 5.56 Å². The van der Waals surface area contributed by atoms with E-state index in [1.165, 1.54) is 35.2 Å². The summed E-state index contributed by atoms with van der Waals surface area (Å²) in [6.45, 7) is 0.106. The summed E-state index contributed by atoms with van der Waals surface area (Å²) >= 11 is 2.75. The second-order valence-corrected chi connectivity index (χ2v) is 8.50. The molecule has 1 aromatic carbocycles. The highest BCUT2D eigenvalue weighted by Gasteiger charge is 2.40. The minimum Gasteiger partial charge on any atom is -0.363 e. The van der Waals surface area contributed by atoms with Crippen LogP contribution < -0.4 is 5.32 Å². The van der Waals surface area contributed by atoms with Gasteiger partial charge in [0.2, 0.25) is 5.13 Å². The standard InChI is InChI=1S/C12H12N4O3S3/c1-13-11-14-15-12(21-11)20-7-6-16-10(17)8-4-2-3-5-9(8)22(16,18)19/h2-5H,6-7H2,1H3,(H,13,14). The second kappa shape index (κ2) is 5.86. The molecule has 116 valence electrons. The lowest BCUT2D eigenvalue weighted by Gasteiger charge is -2.13. The van der Waals surface area contributed by atoms with Crippen molar-refractivity contribution in [1.29, 1.82) is 0 Å². The Hall–Kier alpha value is -1.65. The zero-order valence-corrected chi connectivity index (χ0v) is 14.0. The van der Waals surface area contributed by atoms with Crippen LogP contribution in [0.5, 0.6) is 0 Å². The number of nitrogens with one attached hydrogen (secondary N) is 1. The predicted octanol–water partition coefficient (Wildman–Crippen LogP) is 1.52. The average molecular weight is 356 g/mol. The van der Waals surface area contributed by atoms with Gasteiger partial charge in [0.25, 0.3) is 15.9 Å². The van der Waals surface area contributed by atoms with Crippen LogP contribution in [0, 0.1) is 0 Å². The number of aromatic nitrogens is 2. The van der Waals surface area contributed by atoms with Crippen molar-refractivity contribution in [3.05, 3.63) is 29.8 Å². The zero-order valence-electron chi connectivity index (χ0n) is 11.5. The van der Waals surface area contributed by atoms with Crippen LogP contribution in [0.2, 0.25) is 0 Å². The molecule has 1 aliphatic rings. The van der Waals surface area contributed by atoms with Crippen LogP contribution in [0.4, 0.5) is 5.13 Å². The first kappa shape index (κ1) is 15.3. The maximum absolute atomic E-state index is 12.3. The number of benzene rings is 1. The quantitative estimate of drug-likeness (QED) is 0.812. The lowest BCUT2D eigenvalue weighted by molar-refractivity contribution is 0.0876. The van der Waals surface area contributed by atoms with Crippen LogP contribution in [0.1, 0.15) is 10.4 Å². The summed E-state index contributed by atoms with van der Waals surface area (Å²) in [5, 5.41) is 11.4. The Morgan fingerprint density at radius 2 is 2.09 bits per heavy atom. The maximum Gasteiger partial charge on any atom is 0.269 e. The molecule has 2 aromatic rings. The fourth-order valence-electron chi connectivity index (χ4n) is 2.04. The molecule has 0 aliphatic carbocycles. The zero-order chi connectivity index (χ0) is 15.7. The molecule has 2 heterocycles. The summed E-state index contributed by atoms with van der Waals surface area (Å²) < 4.78 is 26.3. The molecule has 22 heavy (non-hydrogen) atoms. The van der Waals surface area contributed by atoms with E-state index in [0.29, 0.717) is 10.9 Å². The summed E-state index contributed by atoms with van der Waals surface area (Å²) in [6, 6.07) is 6.26. The van der Waals surface area contributed by atoms with E-state index in [1.807, 2.05) is 0 Å². The van der Waals surface area contributed by atoms with Gasteiger partial charge in [-0.1, -0.05) is 35.2 Å². The monoisotopic (exact) mass is 356 g/mol. The highest BCUT2D eigenvalue weighted by Crippen LogP contribution is 2.31. The summed E-state index contributed by atoms with van der Waals surface area (Å²) in [5.74, 6) is -0.0403. The van der Waals surface area contributed by atoms with E-state index in [9.17, 15) is 13.2 Å². The fraction of sp³-hybridized carbons (Fsp3) is 0.250. The van der Waals surface area contributed by atoms with Gasteiger partial charge in [-0.3, -0.25) is 4.79 Å². The molecule has 0 radical (unpaired) electrons. The average Bonchev–Trinajstić information content (AvgIpc) is 3.05. The number of hydrogen-bond donors (Lipinski definition) is 1.